The number of carbonyl (C=O) groups is 1. The fourth-order valence-corrected chi connectivity index (χ4v) is 0.748. The molecule has 0 bridgehead atoms. The number of nitrogens with zero attached hydrogens (tertiary/aromatic N) is 2. The average Bonchev–Trinajstić information content (AvgIpc) is 2.40. The van der Waals surface area contributed by atoms with E-state index < -0.39 is 0 Å². The molecule has 0 unspecified atom stereocenters. The number of nitrogens with one attached hydrogen (secondary N) is 1. The van der Waals surface area contributed by atoms with Gasteiger partial charge in [-0.25, -0.2) is 4.99 Å². The standard InChI is InChI=1S/C7H10N3O/c1-2-3-6(11)10-7-8-4-5-9-7/h2H,1,3-5H2,(H,8,9). The van der Waals surface area contributed by atoms with E-state index in [1.807, 2.05) is 0 Å². The molecule has 0 aromatic heterocycles. The average molecular weight is 152 g/mol. The molecule has 0 saturated heterocycles. The van der Waals surface area contributed by atoms with Gasteiger partial charge in [-0.3, -0.25) is 4.79 Å². The molecule has 0 atom stereocenters. The van der Waals surface area contributed by atoms with Gasteiger partial charge in [-0.1, -0.05) is 6.08 Å². The van der Waals surface area contributed by atoms with E-state index in [0.29, 0.717) is 12.5 Å². The minimum atomic E-state index is -0.201. The molecule has 1 N–H and O–H groups in total. The SMILES string of the molecule is C=CCC(=O)[N]C1=NCCN1. The van der Waals surface area contributed by atoms with Gasteiger partial charge in [0.25, 0.3) is 5.91 Å². The number of rotatable bonds is 2. The lowest BCUT2D eigenvalue weighted by Gasteiger charge is -1.97. The molecule has 0 fully saturated rings. The molecule has 1 heterocycles. The fraction of sp³-hybridized carbons (Fsp3) is 0.429. The molecule has 1 rings (SSSR count). The van der Waals surface area contributed by atoms with E-state index >= 15 is 0 Å². The molecule has 11 heavy (non-hydrogen) atoms. The minimum absolute atomic E-state index is 0.201. The van der Waals surface area contributed by atoms with Gasteiger partial charge in [0.1, 0.15) is 0 Å². The smallest absolute Gasteiger partial charge is 0.252 e. The lowest BCUT2D eigenvalue weighted by Crippen LogP contribution is -2.31. The highest BCUT2D eigenvalue weighted by Crippen LogP contribution is 1.86. The van der Waals surface area contributed by atoms with Crippen LogP contribution in [0.25, 0.3) is 0 Å². The van der Waals surface area contributed by atoms with Crippen molar-refractivity contribution in [1.82, 2.24) is 10.6 Å². The van der Waals surface area contributed by atoms with Crippen LogP contribution >= 0.6 is 0 Å². The van der Waals surface area contributed by atoms with Crippen molar-refractivity contribution in [2.75, 3.05) is 13.1 Å². The Labute approximate surface area is 65.4 Å². The molecule has 0 spiro atoms. The molecule has 1 amide bonds. The van der Waals surface area contributed by atoms with Crippen LogP contribution < -0.4 is 10.6 Å². The van der Waals surface area contributed by atoms with E-state index in [2.05, 4.69) is 22.2 Å². The Morgan fingerprint density at radius 3 is 3.27 bits per heavy atom. The Balaban J connectivity index is 2.29. The molecule has 4 nitrogen and oxygen atoms in total. The van der Waals surface area contributed by atoms with E-state index in [1.54, 1.807) is 0 Å². The molecule has 0 aromatic rings. The van der Waals surface area contributed by atoms with Gasteiger partial charge in [0.05, 0.1) is 6.54 Å². The summed E-state index contributed by atoms with van der Waals surface area (Å²) < 4.78 is 0. The van der Waals surface area contributed by atoms with Crippen molar-refractivity contribution in [1.29, 1.82) is 0 Å². The van der Waals surface area contributed by atoms with Crippen molar-refractivity contribution in [3.05, 3.63) is 12.7 Å². The van der Waals surface area contributed by atoms with Gasteiger partial charge < -0.3 is 5.32 Å². The maximum Gasteiger partial charge on any atom is 0.252 e. The third-order valence-corrected chi connectivity index (χ3v) is 1.21. The molecule has 1 aliphatic rings. The van der Waals surface area contributed by atoms with Crippen LogP contribution in [0.15, 0.2) is 17.6 Å². The Kier molecular flexibility index (Phi) is 2.66. The minimum Gasteiger partial charge on any atom is -0.353 e. The molecule has 1 radical (unpaired) electrons. The van der Waals surface area contributed by atoms with E-state index in [0.717, 1.165) is 6.54 Å². The van der Waals surface area contributed by atoms with Gasteiger partial charge in [-0.2, -0.15) is 5.32 Å². The number of guanidine groups is 1. The first-order chi connectivity index (χ1) is 5.33. The lowest BCUT2D eigenvalue weighted by atomic mass is 10.4. The van der Waals surface area contributed by atoms with Gasteiger partial charge in [0.15, 0.2) is 0 Å². The Hall–Kier alpha value is -1.32. The monoisotopic (exact) mass is 152 g/mol. The predicted octanol–water partition coefficient (Wildman–Crippen LogP) is -0.347. The second-order valence-electron chi connectivity index (χ2n) is 2.13. The number of carbonyl (C=O) groups excluding carboxylic acids is 1. The van der Waals surface area contributed by atoms with Crippen molar-refractivity contribution in [2.24, 2.45) is 4.99 Å². The van der Waals surface area contributed by atoms with E-state index in [-0.39, 0.29) is 12.3 Å². The van der Waals surface area contributed by atoms with Crippen molar-refractivity contribution in [2.45, 2.75) is 6.42 Å². The molecule has 59 valence electrons. The Morgan fingerprint density at radius 2 is 2.73 bits per heavy atom. The normalized spacial score (nSPS) is 15.1. The Morgan fingerprint density at radius 1 is 1.91 bits per heavy atom. The van der Waals surface area contributed by atoms with Crippen LogP contribution in [0.2, 0.25) is 0 Å². The first-order valence-electron chi connectivity index (χ1n) is 3.46. The van der Waals surface area contributed by atoms with E-state index in [9.17, 15) is 4.79 Å². The summed E-state index contributed by atoms with van der Waals surface area (Å²) in [6, 6.07) is 0. The summed E-state index contributed by atoms with van der Waals surface area (Å²) in [6.45, 7) is 4.92. The summed E-state index contributed by atoms with van der Waals surface area (Å²) in [7, 11) is 0. The summed E-state index contributed by atoms with van der Waals surface area (Å²) >= 11 is 0. The molecule has 1 aliphatic heterocycles. The van der Waals surface area contributed by atoms with Gasteiger partial charge in [0, 0.05) is 13.0 Å². The number of amides is 1. The van der Waals surface area contributed by atoms with Crippen LogP contribution in [0.3, 0.4) is 0 Å². The van der Waals surface area contributed by atoms with Crippen LogP contribution in [0.5, 0.6) is 0 Å². The zero-order valence-corrected chi connectivity index (χ0v) is 6.21. The third kappa shape index (κ3) is 2.41. The van der Waals surface area contributed by atoms with Crippen molar-refractivity contribution in [3.63, 3.8) is 0 Å². The number of hydrogen-bond acceptors (Lipinski definition) is 3. The Bertz CT molecular complexity index is 198. The largest absolute Gasteiger partial charge is 0.353 e. The number of hydrogen-bond donors (Lipinski definition) is 1. The summed E-state index contributed by atoms with van der Waals surface area (Å²) in [5.41, 5.74) is 0. The molecule has 0 aromatic carbocycles. The molecule has 4 heteroatoms. The topological polar surface area (TPSA) is 55.6 Å². The summed E-state index contributed by atoms with van der Waals surface area (Å²) in [4.78, 5) is 14.8. The molecular formula is C7H10N3O. The van der Waals surface area contributed by atoms with Crippen LogP contribution in [0.4, 0.5) is 0 Å². The molecule has 0 aliphatic carbocycles. The highest BCUT2D eigenvalue weighted by Gasteiger charge is 2.09. The van der Waals surface area contributed by atoms with Gasteiger partial charge in [-0.05, 0) is 0 Å². The second kappa shape index (κ2) is 3.75. The quantitative estimate of drug-likeness (QED) is 0.550. The molecular weight excluding hydrogens is 142 g/mol. The summed E-state index contributed by atoms with van der Waals surface area (Å²) in [5, 5.41) is 6.57. The van der Waals surface area contributed by atoms with Crippen LogP contribution in [-0.2, 0) is 4.79 Å². The van der Waals surface area contributed by atoms with Gasteiger partial charge in [-0.15, -0.1) is 6.58 Å². The van der Waals surface area contributed by atoms with Crippen molar-refractivity contribution in [3.8, 4) is 0 Å². The third-order valence-electron chi connectivity index (χ3n) is 1.21. The van der Waals surface area contributed by atoms with Crippen LogP contribution in [-0.4, -0.2) is 25.0 Å². The maximum atomic E-state index is 10.8. The van der Waals surface area contributed by atoms with Crippen LogP contribution in [0.1, 0.15) is 6.42 Å². The maximum absolute atomic E-state index is 10.8. The first-order valence-corrected chi connectivity index (χ1v) is 3.46. The second-order valence-corrected chi connectivity index (χ2v) is 2.13. The number of aliphatic imine (C=N–C) groups is 1. The highest BCUT2D eigenvalue weighted by atomic mass is 16.1. The molecule has 0 saturated carbocycles. The lowest BCUT2D eigenvalue weighted by molar-refractivity contribution is -0.119. The zero-order valence-electron chi connectivity index (χ0n) is 6.21. The van der Waals surface area contributed by atoms with Crippen molar-refractivity contribution >= 4 is 11.9 Å². The summed E-state index contributed by atoms with van der Waals surface area (Å²) in [6.07, 6.45) is 1.81. The summed E-state index contributed by atoms with van der Waals surface area (Å²) in [5.74, 6) is 0.255. The predicted molar refractivity (Wildman–Crippen MR) is 42.3 cm³/mol. The van der Waals surface area contributed by atoms with E-state index in [4.69, 9.17) is 0 Å². The van der Waals surface area contributed by atoms with Crippen molar-refractivity contribution < 1.29 is 4.79 Å². The highest BCUT2D eigenvalue weighted by molar-refractivity contribution is 5.97. The van der Waals surface area contributed by atoms with Crippen LogP contribution in [0, 0.1) is 0 Å². The first kappa shape index (κ1) is 7.78. The fourth-order valence-electron chi connectivity index (χ4n) is 0.748. The van der Waals surface area contributed by atoms with Gasteiger partial charge >= 0.3 is 0 Å². The zero-order chi connectivity index (χ0) is 8.10. The van der Waals surface area contributed by atoms with E-state index in [1.165, 1.54) is 6.08 Å². The van der Waals surface area contributed by atoms with Gasteiger partial charge in [0.2, 0.25) is 5.96 Å².